The molecule has 1 aliphatic rings. The Morgan fingerprint density at radius 3 is 2.88 bits per heavy atom. The third-order valence-corrected chi connectivity index (χ3v) is 5.05. The number of anilines is 1. The lowest BCUT2D eigenvalue weighted by Gasteiger charge is -2.15. The maximum absolute atomic E-state index is 12.5. The van der Waals surface area contributed by atoms with E-state index in [0.717, 1.165) is 21.4 Å². The van der Waals surface area contributed by atoms with Gasteiger partial charge < -0.3 is 14.6 Å². The molecule has 1 aromatic carbocycles. The fraction of sp³-hybridized carbons (Fsp3) is 0.235. The molecule has 0 radical (unpaired) electrons. The first-order valence-corrected chi connectivity index (χ1v) is 8.96. The number of nitrogens with one attached hydrogen (secondary N) is 2. The zero-order chi connectivity index (χ0) is 18.5. The van der Waals surface area contributed by atoms with E-state index in [9.17, 15) is 4.79 Å². The van der Waals surface area contributed by atoms with Crippen LogP contribution in [0.2, 0.25) is 0 Å². The van der Waals surface area contributed by atoms with Crippen molar-refractivity contribution in [3.8, 4) is 0 Å². The van der Waals surface area contributed by atoms with Gasteiger partial charge in [0.05, 0.1) is 28.2 Å². The Morgan fingerprint density at radius 2 is 2.23 bits per heavy atom. The van der Waals surface area contributed by atoms with Crippen LogP contribution in [0.1, 0.15) is 29.3 Å². The number of fused-ring (bicyclic) bond motifs is 1. The van der Waals surface area contributed by atoms with Crippen LogP contribution in [0.25, 0.3) is 10.9 Å². The molecule has 4 rings (SSSR count). The van der Waals surface area contributed by atoms with Crippen molar-refractivity contribution in [2.45, 2.75) is 26.4 Å². The van der Waals surface area contributed by atoms with Crippen molar-refractivity contribution in [2.24, 2.45) is 0 Å². The standard InChI is InChI=1S/C17H17BN4O3S/c1-9-17(3,4)25-18(24-9)11-5-13(12-7-19-22-14(12)6-11)21-16(23)15-8-26-10(2)20-15/h5-8H,1H2,2-4H3,(H,19,22)(H,21,23). The van der Waals surface area contributed by atoms with Crippen molar-refractivity contribution >= 4 is 46.4 Å². The summed E-state index contributed by atoms with van der Waals surface area (Å²) in [6.45, 7) is 9.56. The Kier molecular flexibility index (Phi) is 3.85. The van der Waals surface area contributed by atoms with Crippen molar-refractivity contribution in [3.05, 3.63) is 46.7 Å². The predicted octanol–water partition coefficient (Wildman–Crippen LogP) is 2.61. The molecule has 0 unspecified atom stereocenters. The number of amides is 1. The van der Waals surface area contributed by atoms with Crippen LogP contribution in [0.5, 0.6) is 0 Å². The van der Waals surface area contributed by atoms with Crippen LogP contribution in [-0.2, 0) is 9.31 Å². The summed E-state index contributed by atoms with van der Waals surface area (Å²) in [4.78, 5) is 16.7. The Labute approximate surface area is 154 Å². The summed E-state index contributed by atoms with van der Waals surface area (Å²) in [5.41, 5.74) is 1.96. The molecule has 1 aliphatic heterocycles. The lowest BCUT2D eigenvalue weighted by atomic mass is 9.78. The van der Waals surface area contributed by atoms with Crippen molar-refractivity contribution in [2.75, 3.05) is 5.32 Å². The van der Waals surface area contributed by atoms with Gasteiger partial charge in [-0.25, -0.2) is 4.98 Å². The Bertz CT molecular complexity index is 1030. The maximum atomic E-state index is 12.5. The molecular weight excluding hydrogens is 351 g/mol. The minimum atomic E-state index is -0.595. The molecule has 2 N–H and O–H groups in total. The normalized spacial score (nSPS) is 16.1. The van der Waals surface area contributed by atoms with E-state index in [1.165, 1.54) is 11.3 Å². The van der Waals surface area contributed by atoms with Crippen LogP contribution in [0.15, 0.2) is 36.0 Å². The topological polar surface area (TPSA) is 89.1 Å². The summed E-state index contributed by atoms with van der Waals surface area (Å²) < 4.78 is 11.7. The van der Waals surface area contributed by atoms with Crippen molar-refractivity contribution in [3.63, 3.8) is 0 Å². The van der Waals surface area contributed by atoms with Crippen LogP contribution in [-0.4, -0.2) is 33.8 Å². The summed E-state index contributed by atoms with van der Waals surface area (Å²) >= 11 is 1.43. The van der Waals surface area contributed by atoms with E-state index in [-0.39, 0.29) is 5.91 Å². The SMILES string of the molecule is C=C1OB(c2cc(NC(=O)c3csc(C)n3)c3cn[nH]c3c2)OC1(C)C. The molecule has 3 aromatic rings. The second-order valence-corrected chi connectivity index (χ2v) is 7.67. The third kappa shape index (κ3) is 2.89. The molecule has 1 amide bonds. The second-order valence-electron chi connectivity index (χ2n) is 6.61. The molecule has 0 aliphatic carbocycles. The minimum absolute atomic E-state index is 0.271. The summed E-state index contributed by atoms with van der Waals surface area (Å²) in [5, 5.41) is 13.3. The first-order chi connectivity index (χ1) is 12.3. The molecular formula is C17H17BN4O3S. The molecule has 3 heterocycles. The van der Waals surface area contributed by atoms with Crippen molar-refractivity contribution in [1.29, 1.82) is 0 Å². The number of carbonyl (C=O) groups excluding carboxylic acids is 1. The average Bonchev–Trinajstić information content (AvgIpc) is 3.27. The van der Waals surface area contributed by atoms with Gasteiger partial charge in [-0.15, -0.1) is 11.3 Å². The summed E-state index contributed by atoms with van der Waals surface area (Å²) in [6.07, 6.45) is 1.67. The van der Waals surface area contributed by atoms with Gasteiger partial charge in [-0.2, -0.15) is 5.10 Å². The Morgan fingerprint density at radius 1 is 1.42 bits per heavy atom. The van der Waals surface area contributed by atoms with Crippen LogP contribution < -0.4 is 10.8 Å². The van der Waals surface area contributed by atoms with Gasteiger partial charge in [0.15, 0.2) is 0 Å². The first kappa shape index (κ1) is 16.8. The minimum Gasteiger partial charge on any atom is -0.534 e. The van der Waals surface area contributed by atoms with E-state index < -0.39 is 12.7 Å². The maximum Gasteiger partial charge on any atom is 0.563 e. The van der Waals surface area contributed by atoms with E-state index in [1.54, 1.807) is 11.6 Å². The predicted molar refractivity (Wildman–Crippen MR) is 102 cm³/mol. The molecule has 26 heavy (non-hydrogen) atoms. The Balaban J connectivity index is 1.69. The lowest BCUT2D eigenvalue weighted by molar-refractivity contribution is 0.102. The van der Waals surface area contributed by atoms with E-state index in [4.69, 9.17) is 9.31 Å². The highest BCUT2D eigenvalue weighted by atomic mass is 32.1. The number of H-pyrrole nitrogens is 1. The number of benzene rings is 1. The number of rotatable bonds is 3. The number of aryl methyl sites for hydroxylation is 1. The highest BCUT2D eigenvalue weighted by molar-refractivity contribution is 7.09. The fourth-order valence-corrected chi connectivity index (χ4v) is 3.32. The number of hydrogen-bond donors (Lipinski definition) is 2. The molecule has 0 saturated carbocycles. The average molecular weight is 368 g/mol. The zero-order valence-electron chi connectivity index (χ0n) is 14.6. The smallest absolute Gasteiger partial charge is 0.534 e. The molecule has 0 spiro atoms. The second kappa shape index (κ2) is 5.96. The van der Waals surface area contributed by atoms with Gasteiger partial charge in [-0.3, -0.25) is 9.89 Å². The lowest BCUT2D eigenvalue weighted by Crippen LogP contribution is -2.34. The third-order valence-electron chi connectivity index (χ3n) is 4.28. The number of aromatic amines is 1. The van der Waals surface area contributed by atoms with Gasteiger partial charge in [-0.1, -0.05) is 6.58 Å². The summed E-state index contributed by atoms with van der Waals surface area (Å²) in [5.74, 6) is 0.294. The number of hydrogen-bond acceptors (Lipinski definition) is 6. The van der Waals surface area contributed by atoms with E-state index >= 15 is 0 Å². The number of aromatic nitrogens is 3. The van der Waals surface area contributed by atoms with Gasteiger partial charge in [0.1, 0.15) is 11.3 Å². The van der Waals surface area contributed by atoms with E-state index in [0.29, 0.717) is 17.1 Å². The quantitative estimate of drug-likeness (QED) is 0.694. The van der Waals surface area contributed by atoms with Crippen LogP contribution in [0.4, 0.5) is 5.69 Å². The van der Waals surface area contributed by atoms with Gasteiger partial charge >= 0.3 is 7.12 Å². The fourth-order valence-electron chi connectivity index (χ4n) is 2.73. The number of thiazole rings is 1. The monoisotopic (exact) mass is 368 g/mol. The van der Waals surface area contributed by atoms with Gasteiger partial charge in [0.2, 0.25) is 0 Å². The van der Waals surface area contributed by atoms with Crippen LogP contribution in [0.3, 0.4) is 0 Å². The molecule has 132 valence electrons. The van der Waals surface area contributed by atoms with E-state index in [2.05, 4.69) is 27.1 Å². The van der Waals surface area contributed by atoms with Gasteiger partial charge in [-0.05, 0) is 32.9 Å². The summed E-state index contributed by atoms with van der Waals surface area (Å²) in [6, 6.07) is 3.72. The van der Waals surface area contributed by atoms with Crippen molar-refractivity contribution in [1.82, 2.24) is 15.2 Å². The highest BCUT2D eigenvalue weighted by Gasteiger charge is 2.43. The summed E-state index contributed by atoms with van der Waals surface area (Å²) in [7, 11) is -0.595. The zero-order valence-corrected chi connectivity index (χ0v) is 15.4. The molecule has 1 fully saturated rings. The largest absolute Gasteiger partial charge is 0.563 e. The van der Waals surface area contributed by atoms with E-state index in [1.807, 2.05) is 32.9 Å². The number of nitrogens with zero attached hydrogens (tertiary/aromatic N) is 2. The molecule has 1 saturated heterocycles. The van der Waals surface area contributed by atoms with Crippen molar-refractivity contribution < 1.29 is 14.1 Å². The van der Waals surface area contributed by atoms with Gasteiger partial charge in [0, 0.05) is 16.2 Å². The molecule has 9 heteroatoms. The first-order valence-electron chi connectivity index (χ1n) is 8.08. The highest BCUT2D eigenvalue weighted by Crippen LogP contribution is 2.30. The molecule has 7 nitrogen and oxygen atoms in total. The van der Waals surface area contributed by atoms with Gasteiger partial charge in [0.25, 0.3) is 5.91 Å². The molecule has 2 aromatic heterocycles. The van der Waals surface area contributed by atoms with Crippen LogP contribution >= 0.6 is 11.3 Å². The van der Waals surface area contributed by atoms with Crippen LogP contribution in [0, 0.1) is 6.92 Å². The molecule has 0 bridgehead atoms. The Hall–Kier alpha value is -2.65. The molecule has 0 atom stereocenters. The number of carbonyl (C=O) groups is 1.